The number of unbranched alkanes of at least 4 members (excludes halogenated alkanes) is 1. The van der Waals surface area contributed by atoms with Gasteiger partial charge >= 0.3 is 0 Å². The summed E-state index contributed by atoms with van der Waals surface area (Å²) in [5, 5.41) is 9.43. The quantitative estimate of drug-likeness (QED) is 0.141. The van der Waals surface area contributed by atoms with Crippen molar-refractivity contribution in [2.75, 3.05) is 45.8 Å². The summed E-state index contributed by atoms with van der Waals surface area (Å²) in [4.78, 5) is 44.3. The zero-order chi connectivity index (χ0) is 37.0. The Morgan fingerprint density at radius 1 is 0.863 bits per heavy atom. The highest BCUT2D eigenvalue weighted by Crippen LogP contribution is 2.50. The zero-order valence-electron chi connectivity index (χ0n) is 30.6. The van der Waals surface area contributed by atoms with Crippen LogP contribution in [0.4, 0.5) is 8.78 Å². The van der Waals surface area contributed by atoms with E-state index in [9.17, 15) is 14.4 Å². The first-order valence-electron chi connectivity index (χ1n) is 18.6. The van der Waals surface area contributed by atoms with E-state index in [0.29, 0.717) is 58.3 Å². The first-order chi connectivity index (χ1) is 24.4. The van der Waals surface area contributed by atoms with E-state index in [2.05, 4.69) is 29.8 Å². The molecule has 3 amide bonds. The predicted octanol–water partition coefficient (Wildman–Crippen LogP) is 3.09. The molecule has 0 saturated carbocycles. The second kappa shape index (κ2) is 18.9. The second-order valence-corrected chi connectivity index (χ2v) is 14.9. The summed E-state index contributed by atoms with van der Waals surface area (Å²) in [6, 6.07) is 16.3. The molecule has 282 valence electrons. The van der Waals surface area contributed by atoms with Gasteiger partial charge in [-0.1, -0.05) is 87.9 Å². The smallest absolute Gasteiger partial charge is 0.269 e. The summed E-state index contributed by atoms with van der Waals surface area (Å²) in [7, 11) is 0. The van der Waals surface area contributed by atoms with Crippen LogP contribution in [0, 0.1) is 11.3 Å². The van der Waals surface area contributed by atoms with Crippen LogP contribution in [0.25, 0.3) is 0 Å². The molecule has 2 aromatic rings. The Bertz CT molecular complexity index is 1390. The van der Waals surface area contributed by atoms with Crippen molar-refractivity contribution in [2.24, 2.45) is 22.8 Å². The number of halogens is 2. The van der Waals surface area contributed by atoms with Gasteiger partial charge in [-0.15, -0.1) is 0 Å². The molecule has 4 atom stereocenters. The van der Waals surface area contributed by atoms with Crippen molar-refractivity contribution < 1.29 is 23.2 Å². The molecule has 0 aromatic heterocycles. The van der Waals surface area contributed by atoms with E-state index in [1.54, 1.807) is 9.80 Å². The van der Waals surface area contributed by atoms with E-state index >= 15 is 8.78 Å². The Morgan fingerprint density at radius 3 is 2.06 bits per heavy atom. The molecule has 2 fully saturated rings. The van der Waals surface area contributed by atoms with Gasteiger partial charge < -0.3 is 32.3 Å². The van der Waals surface area contributed by atoms with E-state index in [0.717, 1.165) is 17.5 Å². The van der Waals surface area contributed by atoms with Crippen molar-refractivity contribution >= 4 is 17.7 Å². The molecule has 51 heavy (non-hydrogen) atoms. The van der Waals surface area contributed by atoms with Gasteiger partial charge in [0.15, 0.2) is 0 Å². The molecule has 2 aliphatic rings. The number of carbonyl (C=O) groups is 3. The average Bonchev–Trinajstić information content (AvgIpc) is 3.08. The number of benzene rings is 2. The van der Waals surface area contributed by atoms with Crippen LogP contribution in [0.15, 0.2) is 60.7 Å². The number of hydrogen-bond donors (Lipinski definition) is 5. The number of nitrogens with two attached hydrogens (primary N) is 2. The molecule has 2 saturated heterocycles. The third kappa shape index (κ3) is 11.3. The minimum atomic E-state index is -2.86. The second-order valence-electron chi connectivity index (χ2n) is 14.9. The number of nitrogens with zero attached hydrogens (tertiary/aromatic N) is 2. The molecule has 7 N–H and O–H groups in total. The van der Waals surface area contributed by atoms with Crippen LogP contribution in [0.2, 0.25) is 0 Å². The molecule has 12 heteroatoms. The van der Waals surface area contributed by atoms with Gasteiger partial charge in [0.25, 0.3) is 5.92 Å². The molecule has 4 rings (SSSR count). The summed E-state index contributed by atoms with van der Waals surface area (Å²) in [6.07, 6.45) is 3.54. The van der Waals surface area contributed by atoms with E-state index in [-0.39, 0.29) is 49.8 Å². The van der Waals surface area contributed by atoms with E-state index < -0.39 is 35.4 Å². The van der Waals surface area contributed by atoms with Gasteiger partial charge in [-0.2, -0.15) is 0 Å². The van der Waals surface area contributed by atoms with Crippen LogP contribution in [-0.2, 0) is 27.2 Å². The number of alkyl halides is 2. The summed E-state index contributed by atoms with van der Waals surface area (Å²) >= 11 is 0. The molecule has 2 aromatic carbocycles. The number of nitrogens with one attached hydrogen (secondary N) is 3. The average molecular weight is 712 g/mol. The number of amides is 3. The Hall–Kier alpha value is -3.45. The van der Waals surface area contributed by atoms with E-state index in [1.807, 2.05) is 67.6 Å². The fourth-order valence-electron chi connectivity index (χ4n) is 7.26. The maximum absolute atomic E-state index is 15.3. The first kappa shape index (κ1) is 40.3. The molecular weight excluding hydrogens is 652 g/mol. The van der Waals surface area contributed by atoms with Gasteiger partial charge in [0.05, 0.1) is 24.0 Å². The lowest BCUT2D eigenvalue weighted by molar-refractivity contribution is -0.224. The van der Waals surface area contributed by atoms with Crippen molar-refractivity contribution in [2.45, 2.75) is 95.8 Å². The van der Waals surface area contributed by atoms with Crippen molar-refractivity contribution in [1.82, 2.24) is 25.8 Å². The lowest BCUT2D eigenvalue weighted by Crippen LogP contribution is -2.72. The van der Waals surface area contributed by atoms with Crippen LogP contribution in [0.3, 0.4) is 0 Å². The normalized spacial score (nSPS) is 19.2. The van der Waals surface area contributed by atoms with E-state index in [4.69, 9.17) is 11.5 Å². The fraction of sp³-hybridized carbons (Fsp3) is 0.615. The lowest BCUT2D eigenvalue weighted by Gasteiger charge is -2.57. The minimum Gasteiger partial charge on any atom is -0.350 e. The number of hydrogen-bond acceptors (Lipinski definition) is 7. The molecule has 2 heterocycles. The first-order valence-corrected chi connectivity index (χ1v) is 18.6. The minimum absolute atomic E-state index is 0.0465. The zero-order valence-corrected chi connectivity index (χ0v) is 30.6. The van der Waals surface area contributed by atoms with Crippen LogP contribution in [0.5, 0.6) is 0 Å². The van der Waals surface area contributed by atoms with Crippen molar-refractivity contribution in [3.63, 3.8) is 0 Å². The molecule has 0 bridgehead atoms. The Kier molecular flexibility index (Phi) is 14.9. The number of carbonyl (C=O) groups excluding carboxylic acids is 3. The summed E-state index contributed by atoms with van der Waals surface area (Å²) in [6.45, 7) is 7.79. The third-order valence-corrected chi connectivity index (χ3v) is 10.4. The monoisotopic (exact) mass is 711 g/mol. The molecule has 0 unspecified atom stereocenters. The van der Waals surface area contributed by atoms with Crippen molar-refractivity contribution in [1.29, 1.82) is 0 Å². The van der Waals surface area contributed by atoms with Crippen molar-refractivity contribution in [3.05, 3.63) is 71.8 Å². The Morgan fingerprint density at radius 2 is 1.49 bits per heavy atom. The fourth-order valence-corrected chi connectivity index (χ4v) is 7.26. The number of likely N-dealkylation sites (tertiary alicyclic amines) is 2. The highest BCUT2D eigenvalue weighted by Gasteiger charge is 2.63. The van der Waals surface area contributed by atoms with Crippen LogP contribution < -0.4 is 27.4 Å². The van der Waals surface area contributed by atoms with Crippen LogP contribution in [-0.4, -0.2) is 103 Å². The Labute approximate surface area is 302 Å². The lowest BCUT2D eigenvalue weighted by atomic mass is 9.69. The Balaban J connectivity index is 1.43. The predicted molar refractivity (Wildman–Crippen MR) is 197 cm³/mol. The SMILES string of the molecule is CCN1CCC2(CN(C(=O)[C@@H](CCCCN)NC[C@@H](CC(C)C)NC(=O)[C@@H](Cc3ccccc3)NC(=O)[C@H](N)Cc3ccccc3)C2)C(F)(F)C1. The van der Waals surface area contributed by atoms with Gasteiger partial charge in [0.2, 0.25) is 17.7 Å². The highest BCUT2D eigenvalue weighted by atomic mass is 19.3. The maximum Gasteiger partial charge on any atom is 0.269 e. The van der Waals surface area contributed by atoms with Gasteiger partial charge in [0, 0.05) is 32.1 Å². The van der Waals surface area contributed by atoms with Gasteiger partial charge in [0.1, 0.15) is 6.04 Å². The van der Waals surface area contributed by atoms with Crippen LogP contribution >= 0.6 is 0 Å². The summed E-state index contributed by atoms with van der Waals surface area (Å²) < 4.78 is 30.5. The summed E-state index contributed by atoms with van der Waals surface area (Å²) in [5.41, 5.74) is 12.7. The molecule has 2 aliphatic heterocycles. The molecule has 0 aliphatic carbocycles. The van der Waals surface area contributed by atoms with Gasteiger partial charge in [-0.3, -0.25) is 19.3 Å². The van der Waals surface area contributed by atoms with Crippen molar-refractivity contribution in [3.8, 4) is 0 Å². The van der Waals surface area contributed by atoms with Gasteiger partial charge in [-0.05, 0) is 68.8 Å². The van der Waals surface area contributed by atoms with Gasteiger partial charge in [-0.25, -0.2) is 8.78 Å². The largest absolute Gasteiger partial charge is 0.350 e. The maximum atomic E-state index is 15.3. The molecule has 1 spiro atoms. The third-order valence-electron chi connectivity index (χ3n) is 10.4. The number of piperidine rings is 1. The number of rotatable bonds is 19. The standard InChI is InChI=1S/C39H59F2N7O3/c1-4-47-20-18-38(39(40,41)27-47)25-48(26-38)37(51)33(17-11-12-19-42)44-24-31(21-28(2)3)45-36(50)34(23-30-15-9-6-10-16-30)46-35(49)32(43)22-29-13-7-5-8-14-29/h5-10,13-16,28,31-34,44H,4,11-12,17-27,42-43H2,1-3H3,(H,45,50)(H,46,49)/t31-,32-,33-,34-/m1/s1. The van der Waals surface area contributed by atoms with Crippen LogP contribution in [0.1, 0.15) is 64.0 Å². The summed E-state index contributed by atoms with van der Waals surface area (Å²) in [5.74, 6) is -3.59. The highest BCUT2D eigenvalue weighted by molar-refractivity contribution is 5.90. The van der Waals surface area contributed by atoms with E-state index in [1.165, 1.54) is 0 Å². The molecular formula is C39H59F2N7O3. The topological polar surface area (TPSA) is 146 Å². The molecule has 10 nitrogen and oxygen atoms in total. The molecule has 0 radical (unpaired) electrons.